The summed E-state index contributed by atoms with van der Waals surface area (Å²) in [6.07, 6.45) is 5.00. The van der Waals surface area contributed by atoms with E-state index < -0.39 is 11.6 Å². The molecule has 0 saturated heterocycles. The smallest absolute Gasteiger partial charge is 0.280 e. The van der Waals surface area contributed by atoms with E-state index in [2.05, 4.69) is 0 Å². The molecule has 0 heterocycles. The van der Waals surface area contributed by atoms with Crippen LogP contribution in [0.25, 0.3) is 0 Å². The highest BCUT2D eigenvalue weighted by atomic mass is 19.1. The predicted molar refractivity (Wildman–Crippen MR) is 46.1 cm³/mol. The Morgan fingerprint density at radius 1 is 1.15 bits per heavy atom. The fourth-order valence-corrected chi connectivity index (χ4v) is 1.79. The first kappa shape index (κ1) is 10.4. The third-order valence-electron chi connectivity index (χ3n) is 2.65. The molecule has 76 valence electrons. The summed E-state index contributed by atoms with van der Waals surface area (Å²) < 4.78 is 13.8. The summed E-state index contributed by atoms with van der Waals surface area (Å²) in [5.41, 5.74) is -0.429. The molecule has 1 fully saturated rings. The van der Waals surface area contributed by atoms with Crippen LogP contribution in [0.5, 0.6) is 0 Å². The van der Waals surface area contributed by atoms with E-state index in [1.54, 1.807) is 0 Å². The maximum Gasteiger partial charge on any atom is 0.280 e. The topological polar surface area (TPSA) is 49.3 Å². The van der Waals surface area contributed by atoms with Crippen LogP contribution in [0.2, 0.25) is 0 Å². The van der Waals surface area contributed by atoms with Gasteiger partial charge in [-0.3, -0.25) is 10.0 Å². The lowest BCUT2D eigenvalue weighted by Crippen LogP contribution is -2.42. The molecule has 0 bridgehead atoms. The van der Waals surface area contributed by atoms with Gasteiger partial charge in [-0.05, 0) is 25.7 Å². The van der Waals surface area contributed by atoms with Gasteiger partial charge in [-0.15, -0.1) is 0 Å². The SMILES string of the molecule is O=C(NO)C1(F)CCCCCCC1. The molecular formula is C9H16FNO2. The van der Waals surface area contributed by atoms with Gasteiger partial charge in [0.05, 0.1) is 0 Å². The van der Waals surface area contributed by atoms with Crippen molar-refractivity contribution in [3.8, 4) is 0 Å². The maximum atomic E-state index is 13.8. The van der Waals surface area contributed by atoms with E-state index in [1.165, 1.54) is 5.48 Å². The van der Waals surface area contributed by atoms with Crippen LogP contribution < -0.4 is 5.48 Å². The molecule has 0 spiro atoms. The minimum atomic E-state index is -1.84. The molecule has 0 aromatic carbocycles. The molecule has 0 radical (unpaired) electrons. The van der Waals surface area contributed by atoms with Crippen molar-refractivity contribution in [3.63, 3.8) is 0 Å². The average molecular weight is 189 g/mol. The van der Waals surface area contributed by atoms with E-state index in [0.29, 0.717) is 0 Å². The number of halogens is 1. The van der Waals surface area contributed by atoms with Gasteiger partial charge in [0.2, 0.25) is 0 Å². The maximum absolute atomic E-state index is 13.8. The number of alkyl halides is 1. The van der Waals surface area contributed by atoms with Crippen LogP contribution in [-0.2, 0) is 4.79 Å². The quantitative estimate of drug-likeness (QED) is 0.489. The molecule has 4 heteroatoms. The summed E-state index contributed by atoms with van der Waals surface area (Å²) in [7, 11) is 0. The summed E-state index contributed by atoms with van der Waals surface area (Å²) in [5, 5.41) is 8.37. The fourth-order valence-electron chi connectivity index (χ4n) is 1.79. The monoisotopic (exact) mass is 189 g/mol. The first-order chi connectivity index (χ1) is 6.19. The highest BCUT2D eigenvalue weighted by Crippen LogP contribution is 2.29. The van der Waals surface area contributed by atoms with E-state index in [0.717, 1.165) is 32.1 Å². The Balaban J connectivity index is 2.56. The van der Waals surface area contributed by atoms with Gasteiger partial charge in [-0.1, -0.05) is 19.3 Å². The second kappa shape index (κ2) is 4.56. The van der Waals surface area contributed by atoms with Crippen LogP contribution in [0.3, 0.4) is 0 Å². The standard InChI is InChI=1S/C9H16FNO2/c10-9(8(12)11-13)6-4-2-1-3-5-7-9/h13H,1-7H2,(H,11,12). The van der Waals surface area contributed by atoms with Crippen molar-refractivity contribution in [2.24, 2.45) is 0 Å². The van der Waals surface area contributed by atoms with Crippen LogP contribution in [0.4, 0.5) is 4.39 Å². The zero-order valence-corrected chi connectivity index (χ0v) is 7.68. The molecule has 0 aliphatic heterocycles. The first-order valence-electron chi connectivity index (χ1n) is 4.82. The first-order valence-corrected chi connectivity index (χ1v) is 4.82. The van der Waals surface area contributed by atoms with Crippen LogP contribution in [0.1, 0.15) is 44.9 Å². The van der Waals surface area contributed by atoms with Crippen LogP contribution in [0, 0.1) is 0 Å². The van der Waals surface area contributed by atoms with Crippen molar-refractivity contribution in [2.75, 3.05) is 0 Å². The molecule has 0 unspecified atom stereocenters. The molecule has 1 rings (SSSR count). The van der Waals surface area contributed by atoms with E-state index >= 15 is 0 Å². The van der Waals surface area contributed by atoms with Gasteiger partial charge < -0.3 is 0 Å². The third kappa shape index (κ3) is 2.66. The number of hydrogen-bond donors (Lipinski definition) is 2. The summed E-state index contributed by atoms with van der Waals surface area (Å²) in [4.78, 5) is 11.0. The van der Waals surface area contributed by atoms with Gasteiger partial charge in [0.15, 0.2) is 5.67 Å². The lowest BCUT2D eigenvalue weighted by atomic mass is 9.88. The molecule has 0 atom stereocenters. The molecule has 13 heavy (non-hydrogen) atoms. The highest BCUT2D eigenvalue weighted by molar-refractivity contribution is 5.83. The van der Waals surface area contributed by atoms with Gasteiger partial charge in [0, 0.05) is 0 Å². The number of rotatable bonds is 1. The van der Waals surface area contributed by atoms with E-state index in [9.17, 15) is 9.18 Å². The Hall–Kier alpha value is -0.640. The Bertz CT molecular complexity index is 176. The van der Waals surface area contributed by atoms with Crippen LogP contribution in [0.15, 0.2) is 0 Å². The number of carbonyl (C=O) groups excluding carboxylic acids is 1. The molecule has 1 saturated carbocycles. The molecule has 2 N–H and O–H groups in total. The number of amides is 1. The zero-order chi connectivity index (χ0) is 9.73. The van der Waals surface area contributed by atoms with E-state index in [-0.39, 0.29) is 12.8 Å². The zero-order valence-electron chi connectivity index (χ0n) is 7.68. The molecule has 0 aromatic rings. The van der Waals surface area contributed by atoms with E-state index in [1.807, 2.05) is 0 Å². The van der Waals surface area contributed by atoms with Crippen LogP contribution >= 0.6 is 0 Å². The number of nitrogens with one attached hydrogen (secondary N) is 1. The Morgan fingerprint density at radius 3 is 2.08 bits per heavy atom. The lowest BCUT2D eigenvalue weighted by Gasteiger charge is -2.24. The largest absolute Gasteiger partial charge is 0.289 e. The van der Waals surface area contributed by atoms with Crippen molar-refractivity contribution in [1.82, 2.24) is 5.48 Å². The summed E-state index contributed by atoms with van der Waals surface area (Å²) >= 11 is 0. The molecule has 1 aliphatic carbocycles. The number of hydrogen-bond acceptors (Lipinski definition) is 2. The van der Waals surface area contributed by atoms with Crippen molar-refractivity contribution < 1.29 is 14.4 Å². The minimum absolute atomic E-state index is 0.236. The van der Waals surface area contributed by atoms with E-state index in [4.69, 9.17) is 5.21 Å². The fraction of sp³-hybridized carbons (Fsp3) is 0.889. The molecule has 1 aliphatic rings. The third-order valence-corrected chi connectivity index (χ3v) is 2.65. The van der Waals surface area contributed by atoms with Crippen molar-refractivity contribution in [3.05, 3.63) is 0 Å². The molecule has 1 amide bonds. The summed E-state index contributed by atoms with van der Waals surface area (Å²) in [6.45, 7) is 0. The Kier molecular flexibility index (Phi) is 3.66. The number of carbonyl (C=O) groups is 1. The average Bonchev–Trinajstić information content (AvgIpc) is 2.10. The van der Waals surface area contributed by atoms with Crippen molar-refractivity contribution in [2.45, 2.75) is 50.6 Å². The number of hydroxylamine groups is 1. The van der Waals surface area contributed by atoms with Gasteiger partial charge in [0.25, 0.3) is 5.91 Å². The van der Waals surface area contributed by atoms with Crippen molar-refractivity contribution >= 4 is 5.91 Å². The second-order valence-electron chi connectivity index (χ2n) is 3.67. The van der Waals surface area contributed by atoms with Crippen molar-refractivity contribution in [1.29, 1.82) is 0 Å². The van der Waals surface area contributed by atoms with Gasteiger partial charge >= 0.3 is 0 Å². The Morgan fingerprint density at radius 2 is 1.62 bits per heavy atom. The summed E-state index contributed by atoms with van der Waals surface area (Å²) in [6, 6.07) is 0. The van der Waals surface area contributed by atoms with Gasteiger partial charge in [-0.25, -0.2) is 9.87 Å². The normalized spacial score (nSPS) is 22.9. The molecule has 3 nitrogen and oxygen atoms in total. The summed E-state index contributed by atoms with van der Waals surface area (Å²) in [5.74, 6) is -0.880. The predicted octanol–water partition coefficient (Wildman–Crippen LogP) is 1.94. The van der Waals surface area contributed by atoms with Crippen LogP contribution in [-0.4, -0.2) is 16.8 Å². The Labute approximate surface area is 77.3 Å². The lowest BCUT2D eigenvalue weighted by molar-refractivity contribution is -0.143. The minimum Gasteiger partial charge on any atom is -0.289 e. The highest BCUT2D eigenvalue weighted by Gasteiger charge is 2.37. The van der Waals surface area contributed by atoms with Gasteiger partial charge in [0.1, 0.15) is 0 Å². The molecule has 0 aromatic heterocycles. The van der Waals surface area contributed by atoms with Gasteiger partial charge in [-0.2, -0.15) is 0 Å². The second-order valence-corrected chi connectivity index (χ2v) is 3.67. The molecular weight excluding hydrogens is 173 g/mol.